The molecule has 2 nitrogen and oxygen atoms in total. The molecule has 1 aliphatic rings. The van der Waals surface area contributed by atoms with Crippen molar-refractivity contribution in [3.05, 3.63) is 41.4 Å². The van der Waals surface area contributed by atoms with Crippen LogP contribution < -0.4 is 0 Å². The number of benzene rings is 1. The molecular formula is C16H18NOS. The molecule has 2 aromatic rings. The lowest BCUT2D eigenvalue weighted by atomic mass is 9.95. The van der Waals surface area contributed by atoms with Gasteiger partial charge in [0.25, 0.3) is 0 Å². The summed E-state index contributed by atoms with van der Waals surface area (Å²) in [5.74, 6) is 1.99. The molecule has 1 heterocycles. The van der Waals surface area contributed by atoms with Crippen molar-refractivity contribution in [1.29, 1.82) is 0 Å². The first-order valence-corrected chi connectivity index (χ1v) is 7.59. The van der Waals surface area contributed by atoms with Gasteiger partial charge in [-0.25, -0.2) is 0 Å². The van der Waals surface area contributed by atoms with Gasteiger partial charge in [-0.1, -0.05) is 12.8 Å². The third-order valence-electron chi connectivity index (χ3n) is 3.85. The van der Waals surface area contributed by atoms with Crippen LogP contribution >= 0.6 is 11.5 Å². The fourth-order valence-electron chi connectivity index (χ4n) is 2.74. The number of aryl methyl sites for hydroxylation is 1. The monoisotopic (exact) mass is 272 g/mol. The zero-order valence-electron chi connectivity index (χ0n) is 11.1. The van der Waals surface area contributed by atoms with Crippen LogP contribution in [0.15, 0.2) is 24.3 Å². The Morgan fingerprint density at radius 1 is 1.16 bits per heavy atom. The summed E-state index contributed by atoms with van der Waals surface area (Å²) in [6, 6.07) is 7.45. The van der Waals surface area contributed by atoms with Crippen LogP contribution in [0.1, 0.15) is 36.9 Å². The summed E-state index contributed by atoms with van der Waals surface area (Å²) in [4.78, 5) is 1.26. The summed E-state index contributed by atoms with van der Waals surface area (Å²) < 4.78 is 4.52. The van der Waals surface area contributed by atoms with Crippen molar-refractivity contribution >= 4 is 11.5 Å². The average molecular weight is 272 g/mol. The lowest BCUT2D eigenvalue weighted by molar-refractivity contribution is 0.475. The standard InChI is InChI=1S/C16H18NOS/c1-11-15(10-12-4-2-3-5-12)16(19-17-11)13-6-8-14(18)9-7-13/h6-9,18H,2-5,10H2,1H3. The van der Waals surface area contributed by atoms with Gasteiger partial charge in [0.05, 0.1) is 10.6 Å². The molecule has 0 saturated heterocycles. The van der Waals surface area contributed by atoms with Crippen molar-refractivity contribution in [3.63, 3.8) is 0 Å². The van der Waals surface area contributed by atoms with E-state index in [1.54, 1.807) is 29.6 Å². The minimum Gasteiger partial charge on any atom is -0.508 e. The molecule has 0 bridgehead atoms. The molecule has 1 aromatic carbocycles. The van der Waals surface area contributed by atoms with Crippen LogP contribution in [-0.2, 0) is 6.42 Å². The molecule has 3 heteroatoms. The Hall–Kier alpha value is -1.35. The molecule has 1 aromatic heterocycles. The molecule has 3 rings (SSSR count). The van der Waals surface area contributed by atoms with E-state index >= 15 is 0 Å². The van der Waals surface area contributed by atoms with Gasteiger partial charge in [0.2, 0.25) is 0 Å². The normalized spacial score (nSPS) is 16.1. The van der Waals surface area contributed by atoms with E-state index in [2.05, 4.69) is 11.3 Å². The van der Waals surface area contributed by atoms with E-state index in [4.69, 9.17) is 0 Å². The summed E-state index contributed by atoms with van der Waals surface area (Å²) in [5, 5.41) is 9.39. The molecule has 0 spiro atoms. The van der Waals surface area contributed by atoms with E-state index in [0.717, 1.165) is 17.7 Å². The Bertz CT molecular complexity index is 553. The van der Waals surface area contributed by atoms with Crippen molar-refractivity contribution in [1.82, 2.24) is 4.37 Å². The maximum absolute atomic E-state index is 9.39. The fourth-order valence-corrected chi connectivity index (χ4v) is 3.65. The van der Waals surface area contributed by atoms with Crippen LogP contribution in [0, 0.1) is 12.8 Å². The Balaban J connectivity index is 1.91. The van der Waals surface area contributed by atoms with Crippen LogP contribution in [-0.4, -0.2) is 9.48 Å². The van der Waals surface area contributed by atoms with Gasteiger partial charge in [-0.05, 0) is 79.0 Å². The molecule has 1 aliphatic carbocycles. The molecule has 0 atom stereocenters. The second kappa shape index (κ2) is 5.33. The number of rotatable bonds is 3. The molecule has 1 radical (unpaired) electrons. The van der Waals surface area contributed by atoms with E-state index in [0.29, 0.717) is 5.75 Å². The zero-order chi connectivity index (χ0) is 13.2. The van der Waals surface area contributed by atoms with Crippen LogP contribution in [0.25, 0.3) is 10.4 Å². The van der Waals surface area contributed by atoms with Crippen molar-refractivity contribution in [2.75, 3.05) is 0 Å². The van der Waals surface area contributed by atoms with Gasteiger partial charge in [-0.15, -0.1) is 0 Å². The molecular weight excluding hydrogens is 254 g/mol. The van der Waals surface area contributed by atoms with Gasteiger partial charge in [-0.2, -0.15) is 4.37 Å². The van der Waals surface area contributed by atoms with Crippen LogP contribution in [0.5, 0.6) is 5.75 Å². The number of aromatic nitrogens is 1. The van der Waals surface area contributed by atoms with Crippen molar-refractivity contribution in [3.8, 4) is 16.2 Å². The lowest BCUT2D eigenvalue weighted by Crippen LogP contribution is -1.98. The maximum atomic E-state index is 9.39. The molecule has 19 heavy (non-hydrogen) atoms. The summed E-state index contributed by atoms with van der Waals surface area (Å²) in [6.07, 6.45) is 6.34. The SMILES string of the molecule is Cc1nsc(-c2ccc(O)cc2)c1C[C]1CCCC1. The van der Waals surface area contributed by atoms with Crippen LogP contribution in [0.3, 0.4) is 0 Å². The number of aromatic hydroxyl groups is 1. The number of hydrogen-bond acceptors (Lipinski definition) is 3. The van der Waals surface area contributed by atoms with E-state index in [-0.39, 0.29) is 0 Å². The van der Waals surface area contributed by atoms with Crippen LogP contribution in [0.2, 0.25) is 0 Å². The van der Waals surface area contributed by atoms with Crippen LogP contribution in [0.4, 0.5) is 0 Å². The molecule has 1 saturated carbocycles. The van der Waals surface area contributed by atoms with Gasteiger partial charge in [0.1, 0.15) is 5.75 Å². The number of phenols is 1. The number of nitrogens with zero attached hydrogens (tertiary/aromatic N) is 1. The minimum absolute atomic E-state index is 0.316. The van der Waals surface area contributed by atoms with Crippen molar-refractivity contribution < 1.29 is 5.11 Å². The van der Waals surface area contributed by atoms with Gasteiger partial charge < -0.3 is 5.11 Å². The minimum atomic E-state index is 0.316. The van der Waals surface area contributed by atoms with Gasteiger partial charge in [-0.3, -0.25) is 0 Å². The van der Waals surface area contributed by atoms with E-state index in [9.17, 15) is 5.11 Å². The molecule has 1 fully saturated rings. The summed E-state index contributed by atoms with van der Waals surface area (Å²) in [5.41, 5.74) is 3.71. The highest BCUT2D eigenvalue weighted by molar-refractivity contribution is 7.09. The summed E-state index contributed by atoms with van der Waals surface area (Å²) >= 11 is 1.57. The second-order valence-corrected chi connectivity index (χ2v) is 6.03. The largest absolute Gasteiger partial charge is 0.508 e. The lowest BCUT2D eigenvalue weighted by Gasteiger charge is -2.10. The number of phenolic OH excluding ortho intramolecular Hbond substituents is 1. The highest BCUT2D eigenvalue weighted by Crippen LogP contribution is 2.37. The quantitative estimate of drug-likeness (QED) is 0.891. The zero-order valence-corrected chi connectivity index (χ0v) is 12.0. The van der Waals surface area contributed by atoms with Gasteiger partial charge in [0, 0.05) is 0 Å². The number of hydrogen-bond donors (Lipinski definition) is 1. The Morgan fingerprint density at radius 3 is 2.53 bits per heavy atom. The maximum Gasteiger partial charge on any atom is 0.115 e. The Labute approximate surface area is 118 Å². The molecule has 0 amide bonds. The van der Waals surface area contributed by atoms with E-state index < -0.39 is 0 Å². The van der Waals surface area contributed by atoms with Gasteiger partial charge >= 0.3 is 0 Å². The molecule has 0 unspecified atom stereocenters. The predicted octanol–water partition coefficient (Wildman–Crippen LogP) is 4.52. The van der Waals surface area contributed by atoms with E-state index in [1.807, 2.05) is 12.1 Å². The highest BCUT2D eigenvalue weighted by atomic mass is 32.1. The van der Waals surface area contributed by atoms with Crippen molar-refractivity contribution in [2.24, 2.45) is 0 Å². The molecule has 0 aliphatic heterocycles. The Morgan fingerprint density at radius 2 is 1.84 bits per heavy atom. The third kappa shape index (κ3) is 2.66. The van der Waals surface area contributed by atoms with Gasteiger partial charge in [0.15, 0.2) is 0 Å². The molecule has 1 N–H and O–H groups in total. The first-order chi connectivity index (χ1) is 9.24. The third-order valence-corrected chi connectivity index (χ3v) is 4.88. The van der Waals surface area contributed by atoms with E-state index in [1.165, 1.54) is 36.1 Å². The second-order valence-electron chi connectivity index (χ2n) is 5.26. The topological polar surface area (TPSA) is 33.1 Å². The summed E-state index contributed by atoms with van der Waals surface area (Å²) in [7, 11) is 0. The predicted molar refractivity (Wildman–Crippen MR) is 79.4 cm³/mol. The fraction of sp³-hybridized carbons (Fsp3) is 0.375. The summed E-state index contributed by atoms with van der Waals surface area (Å²) in [6.45, 7) is 2.10. The highest BCUT2D eigenvalue weighted by Gasteiger charge is 2.21. The smallest absolute Gasteiger partial charge is 0.115 e. The molecule has 99 valence electrons. The first kappa shape index (κ1) is 12.7. The average Bonchev–Trinajstić information content (AvgIpc) is 3.03. The van der Waals surface area contributed by atoms with Crippen molar-refractivity contribution in [2.45, 2.75) is 39.0 Å². The first-order valence-electron chi connectivity index (χ1n) is 6.82. The Kier molecular flexibility index (Phi) is 3.56.